The van der Waals surface area contributed by atoms with E-state index in [-0.39, 0.29) is 5.91 Å². The Labute approximate surface area is 181 Å². The van der Waals surface area contributed by atoms with E-state index in [0.29, 0.717) is 41.4 Å². The Morgan fingerprint density at radius 2 is 1.65 bits per heavy atom. The number of carbonyl (C=O) groups excluding carboxylic acids is 2. The molecule has 0 saturated carbocycles. The van der Waals surface area contributed by atoms with Crippen molar-refractivity contribution in [3.8, 4) is 5.75 Å². The highest BCUT2D eigenvalue weighted by Crippen LogP contribution is 2.39. The van der Waals surface area contributed by atoms with Crippen molar-refractivity contribution in [3.63, 3.8) is 0 Å². The van der Waals surface area contributed by atoms with Gasteiger partial charge in [0.05, 0.1) is 18.4 Å². The monoisotopic (exact) mass is 423 g/mol. The third-order valence-corrected chi connectivity index (χ3v) is 5.90. The predicted octanol–water partition coefficient (Wildman–Crippen LogP) is 3.06. The highest BCUT2D eigenvalue weighted by molar-refractivity contribution is 6.45. The van der Waals surface area contributed by atoms with E-state index in [9.17, 15) is 14.0 Å². The average Bonchev–Trinajstić information content (AvgIpc) is 3.04. The summed E-state index contributed by atoms with van der Waals surface area (Å²) in [6.45, 7) is 7.86. The summed E-state index contributed by atoms with van der Waals surface area (Å²) in [5.74, 6) is -0.745. The van der Waals surface area contributed by atoms with E-state index in [1.165, 1.54) is 24.1 Å². The van der Waals surface area contributed by atoms with Gasteiger partial charge in [-0.1, -0.05) is 25.1 Å². The Hall–Kier alpha value is -3.19. The van der Waals surface area contributed by atoms with E-state index in [1.807, 2.05) is 17.9 Å². The van der Waals surface area contributed by atoms with Crippen LogP contribution in [0.25, 0.3) is 5.57 Å². The summed E-state index contributed by atoms with van der Waals surface area (Å²) in [6.07, 6.45) is 0. The maximum atomic E-state index is 13.7. The molecule has 0 atom stereocenters. The molecule has 31 heavy (non-hydrogen) atoms. The Kier molecular flexibility index (Phi) is 5.78. The number of rotatable bonds is 5. The van der Waals surface area contributed by atoms with Crippen molar-refractivity contribution < 1.29 is 18.7 Å². The van der Waals surface area contributed by atoms with Crippen LogP contribution in [-0.4, -0.2) is 61.4 Å². The minimum atomic E-state index is -0.423. The van der Waals surface area contributed by atoms with Gasteiger partial charge in [-0.2, -0.15) is 0 Å². The number of ether oxygens (including phenoxy) is 1. The molecule has 0 unspecified atom stereocenters. The van der Waals surface area contributed by atoms with Crippen LogP contribution in [0.4, 0.5) is 10.1 Å². The number of hydrogen-bond acceptors (Lipinski definition) is 5. The lowest BCUT2D eigenvalue weighted by Crippen LogP contribution is -2.47. The number of anilines is 1. The van der Waals surface area contributed by atoms with E-state index in [4.69, 9.17) is 4.74 Å². The van der Waals surface area contributed by atoms with Crippen molar-refractivity contribution >= 4 is 23.1 Å². The van der Waals surface area contributed by atoms with Crippen LogP contribution in [0.1, 0.15) is 18.1 Å². The number of aryl methyl sites for hydroxylation is 1. The van der Waals surface area contributed by atoms with Crippen LogP contribution in [-0.2, 0) is 9.59 Å². The minimum absolute atomic E-state index is 0.304. The summed E-state index contributed by atoms with van der Waals surface area (Å²) in [6, 6.07) is 11.1. The van der Waals surface area contributed by atoms with Crippen LogP contribution >= 0.6 is 0 Å². The molecule has 162 valence electrons. The molecule has 2 heterocycles. The van der Waals surface area contributed by atoms with Crippen molar-refractivity contribution in [3.05, 3.63) is 65.1 Å². The van der Waals surface area contributed by atoms with Gasteiger partial charge >= 0.3 is 0 Å². The molecule has 4 rings (SSSR count). The molecule has 2 aliphatic heterocycles. The Morgan fingerprint density at radius 3 is 2.26 bits per heavy atom. The molecule has 0 bridgehead atoms. The van der Waals surface area contributed by atoms with Crippen LogP contribution in [0.15, 0.2) is 48.2 Å². The lowest BCUT2D eigenvalue weighted by atomic mass is 10.0. The van der Waals surface area contributed by atoms with Crippen LogP contribution in [0.5, 0.6) is 5.75 Å². The summed E-state index contributed by atoms with van der Waals surface area (Å²) in [4.78, 5) is 32.7. The first kappa shape index (κ1) is 21.1. The molecule has 1 fully saturated rings. The number of carbonyl (C=O) groups is 2. The number of halogens is 1. The lowest BCUT2D eigenvalue weighted by molar-refractivity contribution is -0.120. The number of likely N-dealkylation sites (N-methyl/N-ethyl adjacent to an activating group) is 1. The zero-order valence-corrected chi connectivity index (χ0v) is 18.0. The fraction of sp³-hybridized carbons (Fsp3) is 0.333. The van der Waals surface area contributed by atoms with Crippen LogP contribution in [0.2, 0.25) is 0 Å². The van der Waals surface area contributed by atoms with E-state index < -0.39 is 11.7 Å². The molecule has 2 amide bonds. The SMILES string of the molecule is CCN1CCN(C2=C(c3ccc(F)cc3)C(=O)N(c3cc(C)ccc3OC)C2=O)CC1. The van der Waals surface area contributed by atoms with Gasteiger partial charge in [0.1, 0.15) is 17.3 Å². The molecule has 0 spiro atoms. The summed E-state index contributed by atoms with van der Waals surface area (Å²) in [7, 11) is 1.51. The number of imide groups is 1. The maximum Gasteiger partial charge on any atom is 0.282 e. The van der Waals surface area contributed by atoms with E-state index in [0.717, 1.165) is 25.2 Å². The topological polar surface area (TPSA) is 53.1 Å². The largest absolute Gasteiger partial charge is 0.495 e. The van der Waals surface area contributed by atoms with Gasteiger partial charge in [-0.25, -0.2) is 9.29 Å². The fourth-order valence-electron chi connectivity index (χ4n) is 4.17. The number of nitrogens with zero attached hydrogens (tertiary/aromatic N) is 3. The van der Waals surface area contributed by atoms with Gasteiger partial charge in [0.2, 0.25) is 0 Å². The lowest BCUT2D eigenvalue weighted by Gasteiger charge is -2.36. The second-order valence-electron chi connectivity index (χ2n) is 7.77. The molecule has 6 nitrogen and oxygen atoms in total. The zero-order valence-electron chi connectivity index (χ0n) is 18.0. The first-order chi connectivity index (χ1) is 14.9. The molecular weight excluding hydrogens is 397 g/mol. The van der Waals surface area contributed by atoms with E-state index in [2.05, 4.69) is 11.8 Å². The van der Waals surface area contributed by atoms with Gasteiger partial charge in [0.25, 0.3) is 11.8 Å². The number of methoxy groups -OCH3 is 1. The minimum Gasteiger partial charge on any atom is -0.495 e. The van der Waals surface area contributed by atoms with Crippen LogP contribution in [0, 0.1) is 12.7 Å². The van der Waals surface area contributed by atoms with E-state index in [1.54, 1.807) is 24.3 Å². The summed E-state index contributed by atoms with van der Waals surface area (Å²) in [5.41, 5.74) is 2.53. The van der Waals surface area contributed by atoms with Crippen molar-refractivity contribution in [2.24, 2.45) is 0 Å². The summed E-state index contributed by atoms with van der Waals surface area (Å²) < 4.78 is 19.0. The number of piperazine rings is 1. The maximum absolute atomic E-state index is 13.7. The highest BCUT2D eigenvalue weighted by atomic mass is 19.1. The molecule has 0 aromatic heterocycles. The molecule has 2 aromatic rings. The third kappa shape index (κ3) is 3.81. The molecule has 0 radical (unpaired) electrons. The molecule has 0 N–H and O–H groups in total. The van der Waals surface area contributed by atoms with Crippen molar-refractivity contribution in [1.82, 2.24) is 9.80 Å². The van der Waals surface area contributed by atoms with Crippen molar-refractivity contribution in [1.29, 1.82) is 0 Å². The third-order valence-electron chi connectivity index (χ3n) is 5.90. The van der Waals surface area contributed by atoms with Crippen LogP contribution < -0.4 is 9.64 Å². The Balaban J connectivity index is 1.81. The first-order valence-corrected chi connectivity index (χ1v) is 10.5. The van der Waals surface area contributed by atoms with Gasteiger partial charge in [-0.3, -0.25) is 9.59 Å². The molecular formula is C24H26FN3O3. The molecule has 0 aliphatic carbocycles. The quantitative estimate of drug-likeness (QED) is 0.692. The van der Waals surface area contributed by atoms with Gasteiger partial charge < -0.3 is 14.5 Å². The summed E-state index contributed by atoms with van der Waals surface area (Å²) >= 11 is 0. The molecule has 2 aromatic carbocycles. The van der Waals surface area contributed by atoms with E-state index >= 15 is 0 Å². The van der Waals surface area contributed by atoms with Gasteiger partial charge in [-0.15, -0.1) is 0 Å². The number of hydrogen-bond donors (Lipinski definition) is 0. The van der Waals surface area contributed by atoms with Gasteiger partial charge in [-0.05, 0) is 48.9 Å². The molecule has 1 saturated heterocycles. The van der Waals surface area contributed by atoms with Gasteiger partial charge in [0, 0.05) is 26.2 Å². The van der Waals surface area contributed by atoms with Crippen molar-refractivity contribution in [2.75, 3.05) is 44.7 Å². The van der Waals surface area contributed by atoms with Gasteiger partial charge in [0.15, 0.2) is 0 Å². The zero-order chi connectivity index (χ0) is 22.1. The number of amides is 2. The molecule has 2 aliphatic rings. The first-order valence-electron chi connectivity index (χ1n) is 10.5. The predicted molar refractivity (Wildman–Crippen MR) is 117 cm³/mol. The second-order valence-corrected chi connectivity index (χ2v) is 7.77. The fourth-order valence-corrected chi connectivity index (χ4v) is 4.17. The standard InChI is InChI=1S/C24H26FN3O3/c1-4-26-11-13-27(14-12-26)22-21(17-6-8-18(25)9-7-17)23(29)28(24(22)30)19-15-16(2)5-10-20(19)31-3/h5-10,15H,4,11-14H2,1-3H3. The highest BCUT2D eigenvalue weighted by Gasteiger charge is 2.44. The van der Waals surface area contributed by atoms with Crippen LogP contribution in [0.3, 0.4) is 0 Å². The average molecular weight is 423 g/mol. The Morgan fingerprint density at radius 1 is 0.968 bits per heavy atom. The summed E-state index contributed by atoms with van der Waals surface area (Å²) in [5, 5.41) is 0. The van der Waals surface area contributed by atoms with Crippen molar-refractivity contribution in [2.45, 2.75) is 13.8 Å². The Bertz CT molecular complexity index is 1040. The second kappa shape index (κ2) is 8.51. The molecule has 7 heteroatoms. The smallest absolute Gasteiger partial charge is 0.282 e. The normalized spacial score (nSPS) is 17.7. The number of benzene rings is 2.